The second-order valence-electron chi connectivity index (χ2n) is 4.90. The van der Waals surface area contributed by atoms with Crippen molar-refractivity contribution < 1.29 is 0 Å². The summed E-state index contributed by atoms with van der Waals surface area (Å²) in [6, 6.07) is 6.30. The summed E-state index contributed by atoms with van der Waals surface area (Å²) in [7, 11) is 0. The third kappa shape index (κ3) is 4.16. The summed E-state index contributed by atoms with van der Waals surface area (Å²) < 4.78 is 3.93. The molecule has 0 aliphatic rings. The van der Waals surface area contributed by atoms with Crippen LogP contribution in [0.1, 0.15) is 19.4 Å². The summed E-state index contributed by atoms with van der Waals surface area (Å²) in [6.07, 6.45) is 3.73. The fraction of sp³-hybridized carbons (Fsp3) is 0.357. The summed E-state index contributed by atoms with van der Waals surface area (Å²) in [6.45, 7) is 6.32. The van der Waals surface area contributed by atoms with Gasteiger partial charge >= 0.3 is 0 Å². The Hall–Kier alpha value is -0.650. The van der Waals surface area contributed by atoms with Gasteiger partial charge in [0.25, 0.3) is 0 Å². The summed E-state index contributed by atoms with van der Waals surface area (Å²) in [4.78, 5) is 0. The number of nitrogens with zero attached hydrogens (tertiary/aromatic N) is 2. The summed E-state index contributed by atoms with van der Waals surface area (Å²) in [5.74, 6) is 0.666. The zero-order chi connectivity index (χ0) is 13.8. The number of nitrogens with one attached hydrogen (secondary N) is 1. The van der Waals surface area contributed by atoms with Gasteiger partial charge < -0.3 is 5.32 Å². The average molecular weight is 387 g/mol. The van der Waals surface area contributed by atoms with Gasteiger partial charge in [-0.1, -0.05) is 35.8 Å². The molecular weight excluding hydrogens is 370 g/mol. The molecule has 0 saturated heterocycles. The maximum atomic E-state index is 4.28. The Morgan fingerprint density at radius 1 is 1.32 bits per heavy atom. The van der Waals surface area contributed by atoms with Crippen LogP contribution in [-0.4, -0.2) is 16.3 Å². The second-order valence-corrected chi connectivity index (χ2v) is 6.67. The lowest BCUT2D eigenvalue weighted by atomic mass is 10.2. The highest BCUT2D eigenvalue weighted by Crippen LogP contribution is 2.21. The molecule has 0 fully saturated rings. The van der Waals surface area contributed by atoms with Crippen LogP contribution in [0.3, 0.4) is 0 Å². The lowest BCUT2D eigenvalue weighted by Gasteiger charge is -2.10. The van der Waals surface area contributed by atoms with Gasteiger partial charge in [0.05, 0.1) is 16.4 Å². The molecule has 19 heavy (non-hydrogen) atoms. The van der Waals surface area contributed by atoms with E-state index in [9.17, 15) is 0 Å². The fourth-order valence-electron chi connectivity index (χ4n) is 1.76. The van der Waals surface area contributed by atoms with E-state index in [4.69, 9.17) is 0 Å². The van der Waals surface area contributed by atoms with Crippen molar-refractivity contribution in [1.29, 1.82) is 0 Å². The largest absolute Gasteiger partial charge is 0.312 e. The normalized spacial score (nSPS) is 11.2. The Morgan fingerprint density at radius 3 is 2.68 bits per heavy atom. The van der Waals surface area contributed by atoms with Crippen LogP contribution in [0.4, 0.5) is 0 Å². The monoisotopic (exact) mass is 385 g/mol. The minimum absolute atomic E-state index is 0.666. The molecule has 5 heteroatoms. The molecule has 0 radical (unpaired) electrons. The predicted octanol–water partition coefficient (Wildman–Crippen LogP) is 4.14. The van der Waals surface area contributed by atoms with Crippen LogP contribution in [0.15, 0.2) is 39.5 Å². The van der Waals surface area contributed by atoms with Crippen molar-refractivity contribution in [3.63, 3.8) is 0 Å². The van der Waals surface area contributed by atoms with Crippen molar-refractivity contribution in [2.75, 3.05) is 6.54 Å². The molecule has 0 saturated carbocycles. The van der Waals surface area contributed by atoms with Crippen LogP contribution >= 0.6 is 31.9 Å². The number of aromatic nitrogens is 2. The standard InChI is InChI=1S/C14H17Br2N3/c1-10(2)6-17-7-11-3-4-13(5-14(11)16)19-9-12(15)8-18-19/h3-5,8-10,17H,6-7H2,1-2H3. The third-order valence-electron chi connectivity index (χ3n) is 2.72. The summed E-state index contributed by atoms with van der Waals surface area (Å²) >= 11 is 7.03. The quantitative estimate of drug-likeness (QED) is 0.836. The van der Waals surface area contributed by atoms with Gasteiger partial charge in [0.2, 0.25) is 0 Å². The molecule has 2 aromatic rings. The third-order valence-corrected chi connectivity index (χ3v) is 3.87. The van der Waals surface area contributed by atoms with Crippen LogP contribution in [0.2, 0.25) is 0 Å². The zero-order valence-corrected chi connectivity index (χ0v) is 14.2. The minimum Gasteiger partial charge on any atom is -0.312 e. The number of benzene rings is 1. The van der Waals surface area contributed by atoms with Crippen molar-refractivity contribution in [2.24, 2.45) is 5.92 Å². The van der Waals surface area contributed by atoms with E-state index < -0.39 is 0 Å². The molecule has 0 spiro atoms. The van der Waals surface area contributed by atoms with Gasteiger partial charge in [-0.05, 0) is 46.1 Å². The first-order chi connectivity index (χ1) is 9.06. The Bertz CT molecular complexity index is 549. The molecule has 1 heterocycles. The molecular formula is C14H17Br2N3. The molecule has 2 rings (SSSR count). The van der Waals surface area contributed by atoms with Crippen LogP contribution in [0, 0.1) is 5.92 Å². The van der Waals surface area contributed by atoms with E-state index in [1.165, 1.54) is 5.56 Å². The van der Waals surface area contributed by atoms with Gasteiger partial charge in [0, 0.05) is 17.2 Å². The Labute approximate surface area is 130 Å². The van der Waals surface area contributed by atoms with Gasteiger partial charge in [-0.15, -0.1) is 0 Å². The van der Waals surface area contributed by atoms with Crippen molar-refractivity contribution in [1.82, 2.24) is 15.1 Å². The van der Waals surface area contributed by atoms with Crippen molar-refractivity contribution in [2.45, 2.75) is 20.4 Å². The van der Waals surface area contributed by atoms with E-state index in [0.717, 1.165) is 27.7 Å². The molecule has 1 aromatic heterocycles. The fourth-order valence-corrected chi connectivity index (χ4v) is 2.55. The second kappa shape index (κ2) is 6.68. The first kappa shape index (κ1) is 14.8. The molecule has 1 aromatic carbocycles. The number of rotatable bonds is 5. The van der Waals surface area contributed by atoms with E-state index in [2.05, 4.69) is 74.3 Å². The van der Waals surface area contributed by atoms with Crippen molar-refractivity contribution >= 4 is 31.9 Å². The van der Waals surface area contributed by atoms with Gasteiger partial charge in [-0.2, -0.15) is 5.10 Å². The maximum absolute atomic E-state index is 4.28. The molecule has 1 N–H and O–H groups in total. The Balaban J connectivity index is 2.09. The lowest BCUT2D eigenvalue weighted by molar-refractivity contribution is 0.552. The van der Waals surface area contributed by atoms with Gasteiger partial charge in [0.15, 0.2) is 0 Å². The highest BCUT2D eigenvalue weighted by atomic mass is 79.9. The smallest absolute Gasteiger partial charge is 0.0657 e. The predicted molar refractivity (Wildman–Crippen MR) is 85.5 cm³/mol. The van der Waals surface area contributed by atoms with Gasteiger partial charge in [-0.3, -0.25) is 0 Å². The summed E-state index contributed by atoms with van der Waals surface area (Å²) in [5.41, 5.74) is 2.31. The van der Waals surface area contributed by atoms with Crippen LogP contribution in [0.25, 0.3) is 5.69 Å². The number of hydrogen-bond acceptors (Lipinski definition) is 2. The average Bonchev–Trinajstić information content (AvgIpc) is 2.77. The van der Waals surface area contributed by atoms with Crippen LogP contribution in [-0.2, 0) is 6.54 Å². The SMILES string of the molecule is CC(C)CNCc1ccc(-n2cc(Br)cn2)cc1Br. The van der Waals surface area contributed by atoms with Crippen molar-refractivity contribution in [3.05, 3.63) is 45.1 Å². The topological polar surface area (TPSA) is 29.9 Å². The molecule has 0 aliphatic carbocycles. The van der Waals surface area contributed by atoms with Gasteiger partial charge in [0.1, 0.15) is 0 Å². The van der Waals surface area contributed by atoms with Crippen LogP contribution < -0.4 is 5.32 Å². The van der Waals surface area contributed by atoms with E-state index in [-0.39, 0.29) is 0 Å². The first-order valence-electron chi connectivity index (χ1n) is 6.26. The minimum atomic E-state index is 0.666. The molecule has 0 amide bonds. The number of hydrogen-bond donors (Lipinski definition) is 1. The molecule has 102 valence electrons. The Morgan fingerprint density at radius 2 is 2.11 bits per heavy atom. The first-order valence-corrected chi connectivity index (χ1v) is 7.84. The molecule has 0 aliphatic heterocycles. The highest BCUT2D eigenvalue weighted by Gasteiger charge is 2.04. The van der Waals surface area contributed by atoms with E-state index >= 15 is 0 Å². The Kier molecular flexibility index (Phi) is 5.19. The van der Waals surface area contributed by atoms with E-state index in [1.807, 2.05) is 10.9 Å². The number of halogens is 2. The molecule has 0 unspecified atom stereocenters. The van der Waals surface area contributed by atoms with Gasteiger partial charge in [-0.25, -0.2) is 4.68 Å². The van der Waals surface area contributed by atoms with E-state index in [0.29, 0.717) is 5.92 Å². The van der Waals surface area contributed by atoms with E-state index in [1.54, 1.807) is 6.20 Å². The maximum Gasteiger partial charge on any atom is 0.0657 e. The lowest BCUT2D eigenvalue weighted by Crippen LogP contribution is -2.19. The molecule has 0 atom stereocenters. The van der Waals surface area contributed by atoms with Crippen LogP contribution in [0.5, 0.6) is 0 Å². The zero-order valence-electron chi connectivity index (χ0n) is 11.0. The molecule has 0 bridgehead atoms. The van der Waals surface area contributed by atoms with Crippen molar-refractivity contribution in [3.8, 4) is 5.69 Å². The summed E-state index contributed by atoms with van der Waals surface area (Å²) in [5, 5.41) is 7.72. The molecule has 3 nitrogen and oxygen atoms in total. The highest BCUT2D eigenvalue weighted by molar-refractivity contribution is 9.10.